The molecule has 0 amide bonds. The fraction of sp³-hybridized carbons (Fsp3) is 0.214. The lowest BCUT2D eigenvalue weighted by molar-refractivity contribution is 0.475. The summed E-state index contributed by atoms with van der Waals surface area (Å²) in [5.41, 5.74) is 8.53. The van der Waals surface area contributed by atoms with Gasteiger partial charge in [-0.2, -0.15) is 0 Å². The van der Waals surface area contributed by atoms with Crippen molar-refractivity contribution in [3.8, 4) is 5.75 Å². The zero-order valence-corrected chi connectivity index (χ0v) is 10.6. The number of aryl methyl sites for hydroxylation is 1. The maximum atomic E-state index is 9.50. The van der Waals surface area contributed by atoms with Crippen LogP contribution in [0.2, 0.25) is 0 Å². The number of phenolic OH excluding ortho intramolecular Hbond substituents is 1. The number of aromatic nitrogens is 1. The highest BCUT2D eigenvalue weighted by molar-refractivity contribution is 5.61. The van der Waals surface area contributed by atoms with Crippen molar-refractivity contribution in [1.29, 1.82) is 0 Å². The summed E-state index contributed by atoms with van der Waals surface area (Å²) in [6, 6.07) is 11.0. The molecular formula is C14H17N3O. The molecule has 2 rings (SSSR count). The minimum Gasteiger partial charge on any atom is -0.508 e. The van der Waals surface area contributed by atoms with Crippen LogP contribution in [0.1, 0.15) is 11.3 Å². The van der Waals surface area contributed by atoms with Crippen molar-refractivity contribution in [3.63, 3.8) is 0 Å². The summed E-state index contributed by atoms with van der Waals surface area (Å²) < 4.78 is 0. The van der Waals surface area contributed by atoms with Gasteiger partial charge in [0.05, 0.1) is 0 Å². The average molecular weight is 243 g/mol. The van der Waals surface area contributed by atoms with Crippen molar-refractivity contribution >= 4 is 11.5 Å². The Balaban J connectivity index is 2.39. The Labute approximate surface area is 107 Å². The van der Waals surface area contributed by atoms with E-state index in [1.807, 2.05) is 37.1 Å². The summed E-state index contributed by atoms with van der Waals surface area (Å²) in [6.45, 7) is 2.43. The number of hydrogen-bond acceptors (Lipinski definition) is 4. The van der Waals surface area contributed by atoms with Crippen molar-refractivity contribution < 1.29 is 5.11 Å². The molecule has 3 N–H and O–H groups in total. The largest absolute Gasteiger partial charge is 0.508 e. The lowest BCUT2D eigenvalue weighted by Gasteiger charge is -2.19. The summed E-state index contributed by atoms with van der Waals surface area (Å²) in [5, 5.41) is 9.50. The number of hydrogen-bond donors (Lipinski definition) is 2. The van der Waals surface area contributed by atoms with E-state index in [1.54, 1.807) is 18.2 Å². The topological polar surface area (TPSA) is 62.4 Å². The van der Waals surface area contributed by atoms with Crippen LogP contribution < -0.4 is 10.6 Å². The van der Waals surface area contributed by atoms with Gasteiger partial charge < -0.3 is 15.7 Å². The molecule has 0 unspecified atom stereocenters. The molecule has 1 heterocycles. The van der Waals surface area contributed by atoms with Crippen molar-refractivity contribution in [3.05, 3.63) is 47.7 Å². The van der Waals surface area contributed by atoms with E-state index in [2.05, 4.69) is 4.98 Å². The number of phenols is 1. The van der Waals surface area contributed by atoms with Gasteiger partial charge in [0, 0.05) is 31.0 Å². The van der Waals surface area contributed by atoms with Gasteiger partial charge in [0.25, 0.3) is 0 Å². The molecule has 0 aliphatic heterocycles. The van der Waals surface area contributed by atoms with Gasteiger partial charge in [0.15, 0.2) is 0 Å². The van der Waals surface area contributed by atoms with Crippen LogP contribution in [0, 0.1) is 6.92 Å². The van der Waals surface area contributed by atoms with Gasteiger partial charge >= 0.3 is 0 Å². The Morgan fingerprint density at radius 2 is 2.06 bits per heavy atom. The summed E-state index contributed by atoms with van der Waals surface area (Å²) in [6.07, 6.45) is 0. The Morgan fingerprint density at radius 1 is 1.28 bits per heavy atom. The van der Waals surface area contributed by atoms with E-state index < -0.39 is 0 Å². The first-order chi connectivity index (χ1) is 8.60. The number of pyridine rings is 1. The summed E-state index contributed by atoms with van der Waals surface area (Å²) in [4.78, 5) is 6.40. The van der Waals surface area contributed by atoms with Crippen LogP contribution in [0.3, 0.4) is 0 Å². The van der Waals surface area contributed by atoms with Gasteiger partial charge in [-0.05, 0) is 36.8 Å². The van der Waals surface area contributed by atoms with Gasteiger partial charge in [-0.15, -0.1) is 0 Å². The molecule has 0 spiro atoms. The van der Waals surface area contributed by atoms with Gasteiger partial charge in [0.2, 0.25) is 0 Å². The maximum Gasteiger partial charge on any atom is 0.133 e. The number of aromatic hydroxyl groups is 1. The van der Waals surface area contributed by atoms with E-state index in [9.17, 15) is 5.11 Å². The van der Waals surface area contributed by atoms with Crippen molar-refractivity contribution in [2.24, 2.45) is 5.73 Å². The minimum absolute atomic E-state index is 0.242. The molecule has 0 aliphatic rings. The summed E-state index contributed by atoms with van der Waals surface area (Å²) >= 11 is 0. The van der Waals surface area contributed by atoms with Gasteiger partial charge in [0.1, 0.15) is 11.6 Å². The van der Waals surface area contributed by atoms with Gasteiger partial charge in [-0.3, -0.25) is 0 Å². The standard InChI is InChI=1S/C14H17N3O/c1-10-6-11(9-15)7-14(16-10)17(2)12-4-3-5-13(18)8-12/h3-8,18H,9,15H2,1-2H3. The fourth-order valence-corrected chi connectivity index (χ4v) is 1.84. The summed E-state index contributed by atoms with van der Waals surface area (Å²) in [5.74, 6) is 1.06. The van der Waals surface area contributed by atoms with Crippen LogP contribution in [-0.2, 0) is 6.54 Å². The second-order valence-electron chi connectivity index (χ2n) is 4.26. The third-order valence-corrected chi connectivity index (χ3v) is 2.80. The SMILES string of the molecule is Cc1cc(CN)cc(N(C)c2cccc(O)c2)n1. The molecule has 0 bridgehead atoms. The van der Waals surface area contributed by atoms with E-state index in [1.165, 1.54) is 0 Å². The predicted octanol–water partition coefficient (Wildman–Crippen LogP) is 2.32. The van der Waals surface area contributed by atoms with Crippen LogP contribution in [-0.4, -0.2) is 17.1 Å². The van der Waals surface area contributed by atoms with E-state index in [0.29, 0.717) is 6.54 Å². The molecule has 1 aromatic heterocycles. The lowest BCUT2D eigenvalue weighted by Crippen LogP contribution is -2.12. The van der Waals surface area contributed by atoms with Crippen LogP contribution in [0.4, 0.5) is 11.5 Å². The highest BCUT2D eigenvalue weighted by atomic mass is 16.3. The predicted molar refractivity (Wildman–Crippen MR) is 73.0 cm³/mol. The molecule has 0 radical (unpaired) electrons. The monoisotopic (exact) mass is 243 g/mol. The zero-order valence-electron chi connectivity index (χ0n) is 10.6. The van der Waals surface area contributed by atoms with E-state index in [0.717, 1.165) is 22.8 Å². The molecule has 0 aliphatic carbocycles. The quantitative estimate of drug-likeness (QED) is 0.868. The van der Waals surface area contributed by atoms with Crippen molar-refractivity contribution in [1.82, 2.24) is 4.98 Å². The highest BCUT2D eigenvalue weighted by Crippen LogP contribution is 2.25. The molecular weight excluding hydrogens is 226 g/mol. The van der Waals surface area contributed by atoms with Crippen LogP contribution in [0.5, 0.6) is 5.75 Å². The Morgan fingerprint density at radius 3 is 2.72 bits per heavy atom. The van der Waals surface area contributed by atoms with Crippen molar-refractivity contribution in [2.75, 3.05) is 11.9 Å². The number of anilines is 2. The zero-order chi connectivity index (χ0) is 13.1. The van der Waals surface area contributed by atoms with E-state index >= 15 is 0 Å². The average Bonchev–Trinajstić information content (AvgIpc) is 2.37. The molecule has 4 heteroatoms. The molecule has 0 saturated carbocycles. The Kier molecular flexibility index (Phi) is 3.48. The van der Waals surface area contributed by atoms with E-state index in [4.69, 9.17) is 5.73 Å². The first kappa shape index (κ1) is 12.4. The minimum atomic E-state index is 0.242. The molecule has 2 aromatic rings. The first-order valence-corrected chi connectivity index (χ1v) is 5.80. The smallest absolute Gasteiger partial charge is 0.133 e. The fourth-order valence-electron chi connectivity index (χ4n) is 1.84. The normalized spacial score (nSPS) is 10.4. The number of benzene rings is 1. The number of rotatable bonds is 3. The molecule has 4 nitrogen and oxygen atoms in total. The first-order valence-electron chi connectivity index (χ1n) is 5.80. The second kappa shape index (κ2) is 5.06. The molecule has 0 atom stereocenters. The van der Waals surface area contributed by atoms with E-state index in [-0.39, 0.29) is 5.75 Å². The van der Waals surface area contributed by atoms with Gasteiger partial charge in [-0.25, -0.2) is 4.98 Å². The van der Waals surface area contributed by atoms with Crippen LogP contribution >= 0.6 is 0 Å². The molecule has 0 saturated heterocycles. The third-order valence-electron chi connectivity index (χ3n) is 2.80. The number of nitrogens with two attached hydrogens (primary N) is 1. The van der Waals surface area contributed by atoms with Crippen LogP contribution in [0.25, 0.3) is 0 Å². The van der Waals surface area contributed by atoms with Crippen LogP contribution in [0.15, 0.2) is 36.4 Å². The molecule has 18 heavy (non-hydrogen) atoms. The highest BCUT2D eigenvalue weighted by Gasteiger charge is 2.07. The molecule has 1 aromatic carbocycles. The van der Waals surface area contributed by atoms with Crippen molar-refractivity contribution in [2.45, 2.75) is 13.5 Å². The lowest BCUT2D eigenvalue weighted by atomic mass is 10.2. The Hall–Kier alpha value is -2.07. The van der Waals surface area contributed by atoms with Gasteiger partial charge in [-0.1, -0.05) is 6.07 Å². The Bertz CT molecular complexity index is 554. The number of nitrogens with zero attached hydrogens (tertiary/aromatic N) is 2. The maximum absolute atomic E-state index is 9.50. The second-order valence-corrected chi connectivity index (χ2v) is 4.26. The molecule has 0 fully saturated rings. The third kappa shape index (κ3) is 2.60. The summed E-state index contributed by atoms with van der Waals surface area (Å²) in [7, 11) is 1.91. The molecule has 94 valence electrons.